The fourth-order valence-corrected chi connectivity index (χ4v) is 3.03. The molecular formula is C17H15F2N7. The molecule has 3 aromatic heterocycles. The minimum Gasteiger partial charge on any atom is -0.382 e. The molecule has 0 fully saturated rings. The number of nitrogens with zero attached hydrogens (tertiary/aromatic N) is 6. The normalized spacial score (nSPS) is 12.6. The molecule has 26 heavy (non-hydrogen) atoms. The van der Waals surface area contributed by atoms with E-state index in [9.17, 15) is 8.78 Å². The van der Waals surface area contributed by atoms with E-state index in [0.29, 0.717) is 17.0 Å². The minimum absolute atomic E-state index is 0.121. The molecule has 0 radical (unpaired) electrons. The van der Waals surface area contributed by atoms with Crippen LogP contribution in [-0.4, -0.2) is 29.6 Å². The first-order valence-corrected chi connectivity index (χ1v) is 8.04. The molecule has 4 aromatic rings. The van der Waals surface area contributed by atoms with Crippen LogP contribution in [0.5, 0.6) is 0 Å². The fraction of sp³-hybridized carbons (Fsp3) is 0.176. The minimum atomic E-state index is -0.705. The molecule has 0 bridgehead atoms. The third kappa shape index (κ3) is 2.57. The first-order chi connectivity index (χ1) is 12.6. The number of halogens is 2. The number of nitrogen functional groups attached to an aromatic ring is 1. The van der Waals surface area contributed by atoms with Crippen LogP contribution in [0.4, 0.5) is 14.6 Å². The summed E-state index contributed by atoms with van der Waals surface area (Å²) < 4.78 is 30.1. The van der Waals surface area contributed by atoms with E-state index in [0.717, 1.165) is 18.2 Å². The van der Waals surface area contributed by atoms with E-state index in [1.165, 1.54) is 23.1 Å². The Balaban J connectivity index is 1.76. The summed E-state index contributed by atoms with van der Waals surface area (Å²) in [6.45, 7) is 2.01. The van der Waals surface area contributed by atoms with Crippen LogP contribution in [0.3, 0.4) is 0 Å². The summed E-state index contributed by atoms with van der Waals surface area (Å²) >= 11 is 0. The Bertz CT molecular complexity index is 1090. The summed E-state index contributed by atoms with van der Waals surface area (Å²) in [5.74, 6) is -1.08. The highest BCUT2D eigenvalue weighted by atomic mass is 19.1. The van der Waals surface area contributed by atoms with Crippen molar-refractivity contribution in [3.05, 3.63) is 65.9 Å². The molecule has 2 N–H and O–H groups in total. The van der Waals surface area contributed by atoms with Gasteiger partial charge in [-0.3, -0.25) is 0 Å². The van der Waals surface area contributed by atoms with E-state index in [2.05, 4.69) is 20.4 Å². The maximum atomic E-state index is 14.0. The Morgan fingerprint density at radius 3 is 2.81 bits per heavy atom. The van der Waals surface area contributed by atoms with Crippen LogP contribution in [0.2, 0.25) is 0 Å². The SMILES string of the molecule is CCC(c1cn(-c2ccc(F)cc2F)nn1)c1ccc2c(N)ncnn12. The zero-order valence-electron chi connectivity index (χ0n) is 13.8. The molecule has 0 aliphatic heterocycles. The van der Waals surface area contributed by atoms with Crippen molar-refractivity contribution in [2.45, 2.75) is 19.3 Å². The van der Waals surface area contributed by atoms with Gasteiger partial charge in [0.2, 0.25) is 0 Å². The second-order valence-electron chi connectivity index (χ2n) is 5.85. The molecule has 1 unspecified atom stereocenters. The molecule has 0 aliphatic carbocycles. The maximum absolute atomic E-state index is 14.0. The zero-order chi connectivity index (χ0) is 18.3. The largest absolute Gasteiger partial charge is 0.382 e. The molecule has 0 spiro atoms. The highest BCUT2D eigenvalue weighted by molar-refractivity contribution is 5.65. The number of rotatable bonds is 4. The van der Waals surface area contributed by atoms with Gasteiger partial charge in [-0.05, 0) is 30.7 Å². The summed E-state index contributed by atoms with van der Waals surface area (Å²) in [4.78, 5) is 3.98. The Labute approximate surface area is 147 Å². The van der Waals surface area contributed by atoms with E-state index in [1.807, 2.05) is 19.1 Å². The monoisotopic (exact) mass is 355 g/mol. The summed E-state index contributed by atoms with van der Waals surface area (Å²) in [5.41, 5.74) is 8.24. The number of aromatic nitrogens is 6. The molecule has 1 atom stereocenters. The van der Waals surface area contributed by atoms with Gasteiger partial charge in [0.25, 0.3) is 0 Å². The fourth-order valence-electron chi connectivity index (χ4n) is 3.03. The van der Waals surface area contributed by atoms with E-state index < -0.39 is 11.6 Å². The molecule has 0 saturated carbocycles. The van der Waals surface area contributed by atoms with E-state index in [4.69, 9.17) is 5.73 Å². The summed E-state index contributed by atoms with van der Waals surface area (Å²) in [6, 6.07) is 7.07. The standard InChI is InChI=1S/C17H15F2N7/c1-2-11(14-5-6-16-17(20)21-9-22-26(14)16)13-8-25(24-23-13)15-4-3-10(18)7-12(15)19/h3-9,11H,2H2,1H3,(H2,20,21,22). The van der Waals surface area contributed by atoms with Gasteiger partial charge in [-0.1, -0.05) is 12.1 Å². The molecule has 9 heteroatoms. The van der Waals surface area contributed by atoms with Crippen molar-refractivity contribution in [2.75, 3.05) is 5.73 Å². The van der Waals surface area contributed by atoms with Crippen molar-refractivity contribution in [3.8, 4) is 5.69 Å². The number of anilines is 1. The van der Waals surface area contributed by atoms with Gasteiger partial charge in [0.15, 0.2) is 11.6 Å². The van der Waals surface area contributed by atoms with Gasteiger partial charge >= 0.3 is 0 Å². The molecule has 0 saturated heterocycles. The molecule has 0 amide bonds. The average molecular weight is 355 g/mol. The van der Waals surface area contributed by atoms with Gasteiger partial charge in [0.05, 0.1) is 17.6 Å². The summed E-state index contributed by atoms with van der Waals surface area (Å²) in [5, 5.41) is 12.4. The van der Waals surface area contributed by atoms with Crippen molar-refractivity contribution in [3.63, 3.8) is 0 Å². The van der Waals surface area contributed by atoms with E-state index in [1.54, 1.807) is 10.7 Å². The topological polar surface area (TPSA) is 86.9 Å². The molecule has 132 valence electrons. The molecule has 4 rings (SSSR count). The molecule has 7 nitrogen and oxygen atoms in total. The number of hydrogen-bond donors (Lipinski definition) is 1. The summed E-state index contributed by atoms with van der Waals surface area (Å²) in [6.07, 6.45) is 3.75. The average Bonchev–Trinajstić information content (AvgIpc) is 3.25. The van der Waals surface area contributed by atoms with Crippen LogP contribution in [0, 0.1) is 11.6 Å². The number of benzene rings is 1. The molecule has 3 heterocycles. The molecule has 0 aliphatic rings. The second-order valence-corrected chi connectivity index (χ2v) is 5.85. The lowest BCUT2D eigenvalue weighted by Gasteiger charge is -2.11. The van der Waals surface area contributed by atoms with Gasteiger partial charge in [-0.25, -0.2) is 23.0 Å². The second kappa shape index (κ2) is 6.17. The molecular weight excluding hydrogens is 340 g/mol. The Morgan fingerprint density at radius 2 is 2.04 bits per heavy atom. The van der Waals surface area contributed by atoms with E-state index >= 15 is 0 Å². The highest BCUT2D eigenvalue weighted by Gasteiger charge is 2.21. The van der Waals surface area contributed by atoms with Gasteiger partial charge in [0, 0.05) is 12.0 Å². The van der Waals surface area contributed by atoms with Crippen LogP contribution in [0.15, 0.2) is 42.9 Å². The van der Waals surface area contributed by atoms with Crippen LogP contribution in [-0.2, 0) is 0 Å². The highest BCUT2D eigenvalue weighted by Crippen LogP contribution is 2.29. The lowest BCUT2D eigenvalue weighted by atomic mass is 9.99. The Hall–Kier alpha value is -3.36. The third-order valence-corrected chi connectivity index (χ3v) is 4.30. The van der Waals surface area contributed by atoms with Crippen LogP contribution in [0.1, 0.15) is 30.7 Å². The van der Waals surface area contributed by atoms with E-state index in [-0.39, 0.29) is 11.6 Å². The predicted octanol–water partition coefficient (Wildman–Crippen LogP) is 2.71. The van der Waals surface area contributed by atoms with Crippen molar-refractivity contribution >= 4 is 11.3 Å². The number of hydrogen-bond acceptors (Lipinski definition) is 5. The van der Waals surface area contributed by atoms with Gasteiger partial charge in [-0.2, -0.15) is 5.10 Å². The van der Waals surface area contributed by atoms with Crippen LogP contribution >= 0.6 is 0 Å². The smallest absolute Gasteiger partial charge is 0.151 e. The quantitative estimate of drug-likeness (QED) is 0.608. The first-order valence-electron chi connectivity index (χ1n) is 8.04. The van der Waals surface area contributed by atoms with Crippen molar-refractivity contribution in [1.29, 1.82) is 0 Å². The first kappa shape index (κ1) is 16.1. The van der Waals surface area contributed by atoms with Gasteiger partial charge in [0.1, 0.15) is 23.3 Å². The Morgan fingerprint density at radius 1 is 1.19 bits per heavy atom. The van der Waals surface area contributed by atoms with Crippen molar-refractivity contribution in [1.82, 2.24) is 29.6 Å². The third-order valence-electron chi connectivity index (χ3n) is 4.30. The maximum Gasteiger partial charge on any atom is 0.151 e. The molecule has 1 aromatic carbocycles. The Kier molecular flexibility index (Phi) is 3.83. The zero-order valence-corrected chi connectivity index (χ0v) is 13.8. The van der Waals surface area contributed by atoms with Crippen molar-refractivity contribution < 1.29 is 8.78 Å². The van der Waals surface area contributed by atoms with Gasteiger partial charge in [-0.15, -0.1) is 5.10 Å². The summed E-state index contributed by atoms with van der Waals surface area (Å²) in [7, 11) is 0. The van der Waals surface area contributed by atoms with Crippen LogP contribution in [0.25, 0.3) is 11.2 Å². The number of fused-ring (bicyclic) bond motifs is 1. The van der Waals surface area contributed by atoms with Crippen LogP contribution < -0.4 is 5.73 Å². The number of nitrogens with two attached hydrogens (primary N) is 1. The van der Waals surface area contributed by atoms with Crippen molar-refractivity contribution in [2.24, 2.45) is 0 Å². The van der Waals surface area contributed by atoms with Gasteiger partial charge < -0.3 is 5.73 Å². The lowest BCUT2D eigenvalue weighted by Crippen LogP contribution is -2.07. The lowest BCUT2D eigenvalue weighted by molar-refractivity contribution is 0.572. The predicted molar refractivity (Wildman–Crippen MR) is 90.8 cm³/mol.